The molecule has 2 amide bonds. The zero-order valence-electron chi connectivity index (χ0n) is 16.3. The Morgan fingerprint density at radius 3 is 2.48 bits per heavy atom. The number of hydrogen-bond donors (Lipinski definition) is 2. The molecule has 29 heavy (non-hydrogen) atoms. The summed E-state index contributed by atoms with van der Waals surface area (Å²) in [5.41, 5.74) is 1.11. The summed E-state index contributed by atoms with van der Waals surface area (Å²) in [6.07, 6.45) is 0. The van der Waals surface area contributed by atoms with Crippen molar-refractivity contribution in [3.05, 3.63) is 62.2 Å². The van der Waals surface area contributed by atoms with E-state index in [1.165, 1.54) is 11.3 Å². The molecule has 2 heterocycles. The third-order valence-electron chi connectivity index (χ3n) is 4.14. The van der Waals surface area contributed by atoms with E-state index < -0.39 is 0 Å². The van der Waals surface area contributed by atoms with Crippen LogP contribution in [0.3, 0.4) is 0 Å². The average Bonchev–Trinajstić information content (AvgIpc) is 3.39. The van der Waals surface area contributed by atoms with E-state index in [9.17, 15) is 9.59 Å². The minimum Gasteiger partial charge on any atom is -0.377 e. The number of anilines is 1. The monoisotopic (exact) mass is 430 g/mol. The van der Waals surface area contributed by atoms with E-state index in [1.807, 2.05) is 17.5 Å². The molecule has 7 nitrogen and oxygen atoms in total. The lowest BCUT2D eigenvalue weighted by Gasteiger charge is -2.21. The average molecular weight is 431 g/mol. The number of rotatable bonds is 8. The molecule has 0 radical (unpaired) electrons. The van der Waals surface area contributed by atoms with Crippen LogP contribution < -0.4 is 10.6 Å². The van der Waals surface area contributed by atoms with Crippen molar-refractivity contribution in [1.29, 1.82) is 0 Å². The van der Waals surface area contributed by atoms with Gasteiger partial charge in [-0.25, -0.2) is 0 Å². The van der Waals surface area contributed by atoms with Crippen LogP contribution in [0.25, 0.3) is 0 Å². The summed E-state index contributed by atoms with van der Waals surface area (Å²) in [5.74, 6) is -0.228. The van der Waals surface area contributed by atoms with Crippen LogP contribution in [0.2, 0.25) is 0 Å². The predicted octanol–water partition coefficient (Wildman–Crippen LogP) is 4.13. The molecule has 9 heteroatoms. The molecule has 0 saturated carbocycles. The Morgan fingerprint density at radius 2 is 1.86 bits per heavy atom. The maximum Gasteiger partial charge on any atom is 0.286 e. The summed E-state index contributed by atoms with van der Waals surface area (Å²) in [5, 5.41) is 16.5. The lowest BCUT2D eigenvalue weighted by molar-refractivity contribution is 0.0926. The minimum absolute atomic E-state index is 0.0411. The van der Waals surface area contributed by atoms with Gasteiger partial charge in [-0.05, 0) is 41.6 Å². The Morgan fingerprint density at radius 1 is 1.10 bits per heavy atom. The molecule has 0 aliphatic carbocycles. The number of nitrogens with one attached hydrogen (secondary N) is 2. The fraction of sp³-hybridized carbons (Fsp3) is 0.300. The largest absolute Gasteiger partial charge is 0.377 e. The summed E-state index contributed by atoms with van der Waals surface area (Å²) in [7, 11) is 1.56. The second-order valence-corrected chi connectivity index (χ2v) is 8.72. The van der Waals surface area contributed by atoms with E-state index in [1.54, 1.807) is 42.7 Å². The van der Waals surface area contributed by atoms with Crippen molar-refractivity contribution in [2.24, 2.45) is 5.92 Å². The van der Waals surface area contributed by atoms with E-state index in [0.29, 0.717) is 22.9 Å². The third kappa shape index (κ3) is 5.47. The van der Waals surface area contributed by atoms with Crippen LogP contribution in [0, 0.1) is 5.92 Å². The Hall–Kier alpha value is -2.62. The molecular weight excluding hydrogens is 408 g/mol. The zero-order chi connectivity index (χ0) is 20.8. The van der Waals surface area contributed by atoms with Gasteiger partial charge in [0.2, 0.25) is 5.01 Å². The third-order valence-corrected chi connectivity index (χ3v) is 5.99. The van der Waals surface area contributed by atoms with Gasteiger partial charge in [-0.3, -0.25) is 9.59 Å². The fourth-order valence-corrected chi connectivity index (χ4v) is 4.33. The van der Waals surface area contributed by atoms with Gasteiger partial charge in [0, 0.05) is 23.2 Å². The quantitative estimate of drug-likeness (QED) is 0.561. The Kier molecular flexibility index (Phi) is 7.08. The second kappa shape index (κ2) is 9.73. The highest BCUT2D eigenvalue weighted by molar-refractivity contribution is 7.13. The number of aromatic nitrogens is 2. The number of benzene rings is 1. The maximum absolute atomic E-state index is 12.7. The standard InChI is InChI=1S/C20H22N4O3S2/c1-12(2)17(15-5-4-10-28-15)22-18(25)13-6-8-14(9-7-13)21-19(26)20-24-23-16(29-20)11-27-3/h4-10,12,17H,11H2,1-3H3,(H,21,26)(H,22,25)/t17-/m0/s1. The van der Waals surface area contributed by atoms with Crippen LogP contribution in [-0.4, -0.2) is 29.1 Å². The molecule has 2 aromatic heterocycles. The molecular formula is C20H22N4O3S2. The Labute approximate surface area is 177 Å². The van der Waals surface area contributed by atoms with Crippen molar-refractivity contribution in [3.63, 3.8) is 0 Å². The molecule has 152 valence electrons. The second-order valence-electron chi connectivity index (χ2n) is 6.68. The summed E-state index contributed by atoms with van der Waals surface area (Å²) in [6, 6.07) is 10.7. The minimum atomic E-state index is -0.348. The Bertz CT molecular complexity index is 953. The van der Waals surface area contributed by atoms with Crippen molar-refractivity contribution >= 4 is 40.2 Å². The molecule has 0 aliphatic heterocycles. The smallest absolute Gasteiger partial charge is 0.286 e. The lowest BCUT2D eigenvalue weighted by atomic mass is 10.0. The van der Waals surface area contributed by atoms with Crippen LogP contribution in [0.5, 0.6) is 0 Å². The van der Waals surface area contributed by atoms with Gasteiger partial charge in [-0.2, -0.15) is 0 Å². The van der Waals surface area contributed by atoms with Gasteiger partial charge >= 0.3 is 0 Å². The molecule has 0 saturated heterocycles. The molecule has 1 atom stereocenters. The van der Waals surface area contributed by atoms with Gasteiger partial charge in [0.15, 0.2) is 0 Å². The first kappa shape index (κ1) is 21.1. The van der Waals surface area contributed by atoms with Crippen molar-refractivity contribution in [2.75, 3.05) is 12.4 Å². The molecule has 0 bridgehead atoms. The van der Waals surface area contributed by atoms with Crippen molar-refractivity contribution in [2.45, 2.75) is 26.5 Å². The van der Waals surface area contributed by atoms with Crippen molar-refractivity contribution < 1.29 is 14.3 Å². The van der Waals surface area contributed by atoms with Gasteiger partial charge in [-0.1, -0.05) is 31.3 Å². The first-order valence-electron chi connectivity index (χ1n) is 9.05. The number of carbonyl (C=O) groups is 2. The van der Waals surface area contributed by atoms with Gasteiger partial charge in [0.25, 0.3) is 11.8 Å². The van der Waals surface area contributed by atoms with Gasteiger partial charge in [0.1, 0.15) is 5.01 Å². The number of carbonyl (C=O) groups excluding carboxylic acids is 2. The normalized spacial score (nSPS) is 12.0. The van der Waals surface area contributed by atoms with E-state index >= 15 is 0 Å². The van der Waals surface area contributed by atoms with Crippen LogP contribution in [-0.2, 0) is 11.3 Å². The molecule has 0 unspecified atom stereocenters. The van der Waals surface area contributed by atoms with Gasteiger partial charge in [-0.15, -0.1) is 21.5 Å². The van der Waals surface area contributed by atoms with Crippen LogP contribution >= 0.6 is 22.7 Å². The first-order valence-corrected chi connectivity index (χ1v) is 10.7. The number of amides is 2. The lowest BCUT2D eigenvalue weighted by Crippen LogP contribution is -2.31. The summed E-state index contributed by atoms with van der Waals surface area (Å²) in [4.78, 5) is 26.1. The van der Waals surface area contributed by atoms with Crippen molar-refractivity contribution in [3.8, 4) is 0 Å². The summed E-state index contributed by atoms with van der Waals surface area (Å²) in [6.45, 7) is 4.47. The summed E-state index contributed by atoms with van der Waals surface area (Å²) < 4.78 is 4.98. The van der Waals surface area contributed by atoms with Crippen LogP contribution in [0.1, 0.15) is 49.9 Å². The molecule has 1 aromatic carbocycles. The zero-order valence-corrected chi connectivity index (χ0v) is 18.0. The van der Waals surface area contributed by atoms with E-state index in [2.05, 4.69) is 34.7 Å². The van der Waals surface area contributed by atoms with E-state index in [-0.39, 0.29) is 28.8 Å². The number of thiophene rings is 1. The van der Waals surface area contributed by atoms with E-state index in [4.69, 9.17) is 4.74 Å². The maximum atomic E-state index is 12.7. The highest BCUT2D eigenvalue weighted by Gasteiger charge is 2.20. The molecule has 0 spiro atoms. The molecule has 3 aromatic rings. The van der Waals surface area contributed by atoms with Gasteiger partial charge in [0.05, 0.1) is 12.6 Å². The Balaban J connectivity index is 1.63. The van der Waals surface area contributed by atoms with E-state index in [0.717, 1.165) is 4.88 Å². The molecule has 3 rings (SSSR count). The number of nitrogens with zero attached hydrogens (tertiary/aromatic N) is 2. The van der Waals surface area contributed by atoms with Gasteiger partial charge < -0.3 is 15.4 Å². The first-order chi connectivity index (χ1) is 14.0. The molecule has 0 fully saturated rings. The number of methoxy groups -OCH3 is 1. The van der Waals surface area contributed by atoms with Crippen LogP contribution in [0.15, 0.2) is 41.8 Å². The summed E-state index contributed by atoms with van der Waals surface area (Å²) >= 11 is 2.81. The SMILES string of the molecule is COCc1nnc(C(=O)Nc2ccc(C(=O)N[C@H](c3cccs3)C(C)C)cc2)s1. The van der Waals surface area contributed by atoms with Crippen LogP contribution in [0.4, 0.5) is 5.69 Å². The molecule has 0 aliphatic rings. The predicted molar refractivity (Wildman–Crippen MR) is 114 cm³/mol. The van der Waals surface area contributed by atoms with Crippen molar-refractivity contribution in [1.82, 2.24) is 15.5 Å². The highest BCUT2D eigenvalue weighted by atomic mass is 32.1. The topological polar surface area (TPSA) is 93.2 Å². The number of ether oxygens (including phenoxy) is 1. The molecule has 2 N–H and O–H groups in total. The number of hydrogen-bond acceptors (Lipinski definition) is 7. The highest BCUT2D eigenvalue weighted by Crippen LogP contribution is 2.26. The fourth-order valence-electron chi connectivity index (χ4n) is 2.68.